The summed E-state index contributed by atoms with van der Waals surface area (Å²) in [5, 5.41) is 3.46. The van der Waals surface area contributed by atoms with Crippen LogP contribution in [0.4, 0.5) is 0 Å². The van der Waals surface area contributed by atoms with E-state index in [1.54, 1.807) is 11.0 Å². The van der Waals surface area contributed by atoms with E-state index in [1.165, 1.54) is 5.56 Å². The van der Waals surface area contributed by atoms with Gasteiger partial charge in [0, 0.05) is 50.2 Å². The van der Waals surface area contributed by atoms with E-state index in [-0.39, 0.29) is 30.4 Å². The summed E-state index contributed by atoms with van der Waals surface area (Å²) in [5.41, 5.74) is 4.58. The highest BCUT2D eigenvalue weighted by atomic mass is 16.5. The minimum Gasteiger partial charge on any atom is -0.489 e. The average molecular weight is 571 g/mol. The molecule has 0 aliphatic carbocycles. The molecule has 1 aromatic heterocycles. The quantitative estimate of drug-likeness (QED) is 0.412. The summed E-state index contributed by atoms with van der Waals surface area (Å²) in [6.07, 6.45) is 2.68. The van der Waals surface area contributed by atoms with Crippen molar-refractivity contribution >= 4 is 28.6 Å². The fraction of sp³-hybridized carbons (Fsp3) is 0.438. The maximum absolute atomic E-state index is 13.0. The van der Waals surface area contributed by atoms with Gasteiger partial charge in [-0.15, -0.1) is 0 Å². The Labute approximate surface area is 243 Å². The predicted octanol–water partition coefficient (Wildman–Crippen LogP) is 2.95. The molecule has 3 atom stereocenters. The van der Waals surface area contributed by atoms with Gasteiger partial charge in [0.25, 0.3) is 5.91 Å². The van der Waals surface area contributed by atoms with Gasteiger partial charge in [-0.05, 0) is 66.8 Å². The molecule has 5 heterocycles. The van der Waals surface area contributed by atoms with Crippen molar-refractivity contribution in [2.75, 3.05) is 26.3 Å². The number of pyridine rings is 1. The molecule has 0 radical (unpaired) electrons. The molecule has 0 bridgehead atoms. The van der Waals surface area contributed by atoms with Crippen molar-refractivity contribution in [2.45, 2.75) is 63.6 Å². The maximum Gasteiger partial charge on any atom is 0.255 e. The molecule has 10 heteroatoms. The van der Waals surface area contributed by atoms with Crippen LogP contribution in [0, 0.1) is 0 Å². The minimum atomic E-state index is -0.616. The summed E-state index contributed by atoms with van der Waals surface area (Å²) in [7, 11) is 0. The number of piperidine rings is 1. The zero-order chi connectivity index (χ0) is 28.6. The Bertz CT molecular complexity index is 1540. The van der Waals surface area contributed by atoms with Gasteiger partial charge in [0.05, 0.1) is 30.5 Å². The van der Waals surface area contributed by atoms with Gasteiger partial charge in [-0.25, -0.2) is 0 Å². The van der Waals surface area contributed by atoms with Crippen molar-refractivity contribution in [1.82, 2.24) is 20.1 Å². The van der Waals surface area contributed by atoms with Crippen molar-refractivity contribution in [3.05, 3.63) is 70.9 Å². The van der Waals surface area contributed by atoms with Gasteiger partial charge in [0.15, 0.2) is 0 Å². The molecule has 4 aliphatic heterocycles. The number of hydrogen-bond acceptors (Lipinski definition) is 8. The summed E-state index contributed by atoms with van der Waals surface area (Å²) < 4.78 is 17.6. The largest absolute Gasteiger partial charge is 0.489 e. The Morgan fingerprint density at radius 3 is 2.79 bits per heavy atom. The van der Waals surface area contributed by atoms with Crippen LogP contribution in [0.25, 0.3) is 10.9 Å². The summed E-state index contributed by atoms with van der Waals surface area (Å²) in [5.74, 6) is -0.129. The third kappa shape index (κ3) is 5.62. The topological polar surface area (TPSA) is 110 Å². The van der Waals surface area contributed by atoms with Crippen LogP contribution < -0.4 is 10.1 Å². The minimum absolute atomic E-state index is 0.0568. The summed E-state index contributed by atoms with van der Waals surface area (Å²) in [6.45, 7) is 4.87. The fourth-order valence-electron chi connectivity index (χ4n) is 6.36. The van der Waals surface area contributed by atoms with Gasteiger partial charge in [-0.3, -0.25) is 29.6 Å². The molecule has 4 aliphatic rings. The molecule has 0 spiro atoms. The van der Waals surface area contributed by atoms with E-state index >= 15 is 0 Å². The van der Waals surface area contributed by atoms with E-state index in [4.69, 9.17) is 19.2 Å². The Balaban J connectivity index is 0.935. The lowest BCUT2D eigenvalue weighted by atomic mass is 10.0. The van der Waals surface area contributed by atoms with Gasteiger partial charge < -0.3 is 19.1 Å². The average Bonchev–Trinajstić information content (AvgIpc) is 3.73. The van der Waals surface area contributed by atoms with Crippen LogP contribution in [0.1, 0.15) is 52.9 Å². The number of amides is 3. The van der Waals surface area contributed by atoms with Gasteiger partial charge >= 0.3 is 0 Å². The van der Waals surface area contributed by atoms with Crippen LogP contribution >= 0.6 is 0 Å². The normalized spacial score (nSPS) is 24.4. The number of carbonyl (C=O) groups is 3. The van der Waals surface area contributed by atoms with Crippen molar-refractivity contribution in [2.24, 2.45) is 0 Å². The van der Waals surface area contributed by atoms with Crippen LogP contribution in [0.3, 0.4) is 0 Å². The third-order valence-corrected chi connectivity index (χ3v) is 8.60. The second kappa shape index (κ2) is 11.4. The first-order chi connectivity index (χ1) is 20.5. The first kappa shape index (κ1) is 27.0. The molecule has 0 saturated carbocycles. The van der Waals surface area contributed by atoms with Crippen molar-refractivity contribution in [1.29, 1.82) is 0 Å². The number of benzene rings is 2. The third-order valence-electron chi connectivity index (χ3n) is 8.60. The van der Waals surface area contributed by atoms with Crippen molar-refractivity contribution < 1.29 is 28.6 Å². The lowest BCUT2D eigenvalue weighted by molar-refractivity contribution is -0.136. The zero-order valence-electron chi connectivity index (χ0n) is 23.4. The predicted molar refractivity (Wildman–Crippen MR) is 153 cm³/mol. The highest BCUT2D eigenvalue weighted by molar-refractivity contribution is 6.05. The smallest absolute Gasteiger partial charge is 0.255 e. The van der Waals surface area contributed by atoms with Crippen LogP contribution in [0.15, 0.2) is 48.5 Å². The number of hydrogen-bond donors (Lipinski definition) is 1. The van der Waals surface area contributed by atoms with Crippen LogP contribution in [0.2, 0.25) is 0 Å². The summed E-state index contributed by atoms with van der Waals surface area (Å²) >= 11 is 0. The number of aromatic nitrogens is 1. The van der Waals surface area contributed by atoms with Gasteiger partial charge in [0.1, 0.15) is 17.9 Å². The number of fused-ring (bicyclic) bond motifs is 2. The molecule has 1 N–H and O–H groups in total. The lowest BCUT2D eigenvalue weighted by Crippen LogP contribution is -2.52. The Morgan fingerprint density at radius 1 is 1.00 bits per heavy atom. The van der Waals surface area contributed by atoms with E-state index < -0.39 is 11.9 Å². The Kier molecular flexibility index (Phi) is 7.35. The van der Waals surface area contributed by atoms with Crippen LogP contribution in [0.5, 0.6) is 5.75 Å². The molecule has 3 unspecified atom stereocenters. The Morgan fingerprint density at radius 2 is 1.93 bits per heavy atom. The first-order valence-electron chi connectivity index (χ1n) is 14.7. The van der Waals surface area contributed by atoms with E-state index in [0.717, 1.165) is 67.0 Å². The summed E-state index contributed by atoms with van der Waals surface area (Å²) in [6, 6.07) is 15.5. The van der Waals surface area contributed by atoms with Gasteiger partial charge in [-0.2, -0.15) is 0 Å². The SMILES string of the molecule is O=C1CCC(N2Cc3cc(OC4CCN(Cc5ccc6nc(COC7CCOC7)ccc6c5)C4)ccc3C2=O)C(=O)N1. The first-order valence-corrected chi connectivity index (χ1v) is 14.7. The Hall–Kier alpha value is -3.86. The second-order valence-electron chi connectivity index (χ2n) is 11.6. The molecule has 3 aromatic rings. The van der Waals surface area contributed by atoms with Crippen LogP contribution in [-0.2, 0) is 38.8 Å². The van der Waals surface area contributed by atoms with E-state index in [2.05, 4.69) is 34.5 Å². The number of likely N-dealkylation sites (tertiary alicyclic amines) is 1. The number of ether oxygens (including phenoxy) is 3. The number of imide groups is 1. The molecule has 3 fully saturated rings. The molecule has 7 rings (SSSR count). The van der Waals surface area contributed by atoms with Crippen molar-refractivity contribution in [3.8, 4) is 5.75 Å². The number of nitrogens with zero attached hydrogens (tertiary/aromatic N) is 3. The molecular weight excluding hydrogens is 536 g/mol. The number of nitrogens with one attached hydrogen (secondary N) is 1. The highest BCUT2D eigenvalue weighted by Crippen LogP contribution is 2.31. The van der Waals surface area contributed by atoms with Gasteiger partial charge in [0.2, 0.25) is 11.8 Å². The highest BCUT2D eigenvalue weighted by Gasteiger charge is 2.39. The number of rotatable bonds is 8. The lowest BCUT2D eigenvalue weighted by Gasteiger charge is -2.29. The molecule has 3 saturated heterocycles. The standard InChI is InChI=1S/C32H34N4O6/c37-30-8-7-29(31(38)34-30)36-16-22-14-24(4-5-27(22)32(36)39)42-25-9-11-35(17-25)15-20-1-6-28-21(13-20)2-3-23(33-28)18-41-26-10-12-40-19-26/h1-6,13-14,25-26,29H,7-12,15-19H2,(H,34,37,38). The van der Waals surface area contributed by atoms with E-state index in [0.29, 0.717) is 31.7 Å². The molecule has 10 nitrogen and oxygen atoms in total. The summed E-state index contributed by atoms with van der Waals surface area (Å²) in [4.78, 5) is 45.6. The molecule has 3 amide bonds. The van der Waals surface area contributed by atoms with Gasteiger partial charge in [-0.1, -0.05) is 12.1 Å². The van der Waals surface area contributed by atoms with E-state index in [1.807, 2.05) is 18.2 Å². The van der Waals surface area contributed by atoms with Crippen molar-refractivity contribution in [3.63, 3.8) is 0 Å². The monoisotopic (exact) mass is 570 g/mol. The molecule has 42 heavy (non-hydrogen) atoms. The zero-order valence-corrected chi connectivity index (χ0v) is 23.4. The molecular formula is C32H34N4O6. The molecule has 218 valence electrons. The van der Waals surface area contributed by atoms with E-state index in [9.17, 15) is 14.4 Å². The second-order valence-corrected chi connectivity index (χ2v) is 11.6. The van der Waals surface area contributed by atoms with Crippen LogP contribution in [-0.4, -0.2) is 77.1 Å². The fourth-order valence-corrected chi connectivity index (χ4v) is 6.36. The number of carbonyl (C=O) groups excluding carboxylic acids is 3. The molecule has 2 aromatic carbocycles. The maximum atomic E-state index is 13.0.